The summed E-state index contributed by atoms with van der Waals surface area (Å²) < 4.78 is 52.6. The first kappa shape index (κ1) is 33.9. The van der Waals surface area contributed by atoms with Crippen molar-refractivity contribution < 1.29 is 32.1 Å². The molecule has 0 bridgehead atoms. The average Bonchev–Trinajstić information content (AvgIpc) is 3.15. The van der Waals surface area contributed by atoms with Gasteiger partial charge in [-0.05, 0) is 34.4 Å². The van der Waals surface area contributed by atoms with E-state index in [-0.39, 0.29) is 13.2 Å². The molecule has 0 aliphatic carbocycles. The van der Waals surface area contributed by atoms with Crippen LogP contribution in [0.15, 0.2) is 157 Å². The Morgan fingerprint density at radius 1 is 0.479 bits per heavy atom. The normalized spacial score (nSPS) is 21.5. The van der Waals surface area contributed by atoms with Gasteiger partial charge in [0.25, 0.3) is 0 Å². The molecule has 6 rings (SSSR count). The Hall–Kier alpha value is -3.99. The van der Waals surface area contributed by atoms with Gasteiger partial charge in [0, 0.05) is 0 Å². The number of hydrogen-bond donors (Lipinski definition) is 0. The average molecular weight is 665 g/mol. The van der Waals surface area contributed by atoms with E-state index in [4.69, 9.17) is 27.9 Å². The van der Waals surface area contributed by atoms with Gasteiger partial charge in [-0.1, -0.05) is 140 Å². The molecule has 1 heterocycles. The van der Waals surface area contributed by atoms with Gasteiger partial charge in [0.05, 0.1) is 37.9 Å². The summed E-state index contributed by atoms with van der Waals surface area (Å²) in [6.45, 7) is 1.45. The molecule has 0 spiro atoms. The summed E-state index contributed by atoms with van der Waals surface area (Å²) in [7, 11) is 0. The Morgan fingerprint density at radius 2 is 0.875 bits per heavy atom. The van der Waals surface area contributed by atoms with Crippen molar-refractivity contribution in [3.63, 3.8) is 0 Å². The molecule has 5 aromatic carbocycles. The van der Waals surface area contributed by atoms with Crippen LogP contribution in [0.1, 0.15) is 22.3 Å². The fraction of sp³-hybridized carbons (Fsp3) is 0.250. The molecule has 0 aromatic heterocycles. The van der Waals surface area contributed by atoms with Crippen molar-refractivity contribution in [1.82, 2.24) is 0 Å². The highest BCUT2D eigenvalue weighted by atomic mass is 32.2. The summed E-state index contributed by atoms with van der Waals surface area (Å²) in [6.07, 6.45) is -3.78. The van der Waals surface area contributed by atoms with Gasteiger partial charge in [-0.3, -0.25) is 4.18 Å². The first-order chi connectivity index (χ1) is 23.7. The summed E-state index contributed by atoms with van der Waals surface area (Å²) in [6, 6.07) is 48.8. The van der Waals surface area contributed by atoms with Crippen molar-refractivity contribution in [3.8, 4) is 0 Å². The smallest absolute Gasteiger partial charge is 0.202 e. The molecule has 1 aliphatic rings. The van der Waals surface area contributed by atoms with Crippen LogP contribution in [0.3, 0.4) is 0 Å². The number of ether oxygens (including phenoxy) is 5. The van der Waals surface area contributed by atoms with E-state index in [2.05, 4.69) is 0 Å². The van der Waals surface area contributed by atoms with Crippen molar-refractivity contribution in [2.75, 3.05) is 6.61 Å². The summed E-state index contributed by atoms with van der Waals surface area (Å²) in [5.74, 6) is 0. The van der Waals surface area contributed by atoms with Crippen LogP contribution in [-0.2, 0) is 65.4 Å². The molecule has 1 fully saturated rings. The molecule has 248 valence electrons. The van der Waals surface area contributed by atoms with Crippen molar-refractivity contribution in [2.45, 2.75) is 62.0 Å². The second kappa shape index (κ2) is 18.0. The van der Waals surface area contributed by atoms with E-state index in [0.29, 0.717) is 24.7 Å². The summed E-state index contributed by atoms with van der Waals surface area (Å²) in [5.41, 5.74) is 4.01. The van der Waals surface area contributed by atoms with Gasteiger partial charge in [0.1, 0.15) is 24.4 Å². The van der Waals surface area contributed by atoms with Gasteiger partial charge in [-0.25, -0.2) is 4.21 Å². The van der Waals surface area contributed by atoms with Crippen molar-refractivity contribution in [2.24, 2.45) is 0 Å². The van der Waals surface area contributed by atoms with Crippen LogP contribution in [0.5, 0.6) is 0 Å². The van der Waals surface area contributed by atoms with Crippen LogP contribution in [0.4, 0.5) is 0 Å². The second-order valence-electron chi connectivity index (χ2n) is 11.5. The van der Waals surface area contributed by atoms with E-state index in [1.165, 1.54) is 0 Å². The van der Waals surface area contributed by atoms with Gasteiger partial charge >= 0.3 is 0 Å². The minimum Gasteiger partial charge on any atom is -0.374 e. The van der Waals surface area contributed by atoms with Gasteiger partial charge < -0.3 is 23.7 Å². The molecule has 6 atom stereocenters. The molecule has 5 aromatic rings. The lowest BCUT2D eigenvalue weighted by atomic mass is 9.98. The van der Waals surface area contributed by atoms with E-state index in [9.17, 15) is 4.21 Å². The highest BCUT2D eigenvalue weighted by Gasteiger charge is 2.50. The minimum absolute atomic E-state index is 0.183. The van der Waals surface area contributed by atoms with Crippen molar-refractivity contribution >= 4 is 11.1 Å². The Labute approximate surface area is 285 Å². The molecular formula is C40H40O7S. The number of hydrogen-bond acceptors (Lipinski definition) is 7. The number of rotatable bonds is 16. The van der Waals surface area contributed by atoms with Gasteiger partial charge in [0.2, 0.25) is 6.29 Å². The van der Waals surface area contributed by atoms with Gasteiger partial charge in [-0.2, -0.15) is 0 Å². The molecular weight excluding hydrogens is 625 g/mol. The minimum atomic E-state index is -1.84. The molecule has 48 heavy (non-hydrogen) atoms. The Morgan fingerprint density at radius 3 is 1.35 bits per heavy atom. The second-order valence-corrected chi connectivity index (χ2v) is 12.6. The molecule has 0 radical (unpaired) electrons. The highest BCUT2D eigenvalue weighted by Crippen LogP contribution is 2.32. The third kappa shape index (κ3) is 9.78. The SMILES string of the molecule is O=S(O[C@@H]1O[C@H](COCc2ccccc2)[C@@H](OCc2ccccc2)[C@H](OCc2ccccc2)[C@@H]1OCc1ccccc1)c1ccccc1. The van der Waals surface area contributed by atoms with E-state index >= 15 is 0 Å². The molecule has 8 heteroatoms. The molecule has 7 nitrogen and oxygen atoms in total. The van der Waals surface area contributed by atoms with Crippen molar-refractivity contribution in [1.29, 1.82) is 0 Å². The zero-order chi connectivity index (χ0) is 32.8. The van der Waals surface area contributed by atoms with Crippen LogP contribution < -0.4 is 0 Å². The first-order valence-electron chi connectivity index (χ1n) is 16.1. The fourth-order valence-electron chi connectivity index (χ4n) is 5.50. The van der Waals surface area contributed by atoms with Crippen LogP contribution in [0.25, 0.3) is 0 Å². The fourth-order valence-corrected chi connectivity index (χ4v) is 6.32. The zero-order valence-corrected chi connectivity index (χ0v) is 27.4. The topological polar surface area (TPSA) is 72.5 Å². The molecule has 0 saturated carbocycles. The predicted octanol–water partition coefficient (Wildman–Crippen LogP) is 7.42. The maximum atomic E-state index is 13.6. The zero-order valence-electron chi connectivity index (χ0n) is 26.6. The van der Waals surface area contributed by atoms with Crippen molar-refractivity contribution in [3.05, 3.63) is 174 Å². The lowest BCUT2D eigenvalue weighted by Crippen LogP contribution is -2.61. The maximum Gasteiger partial charge on any atom is 0.202 e. The third-order valence-corrected chi connectivity index (χ3v) is 8.98. The largest absolute Gasteiger partial charge is 0.374 e. The molecule has 0 amide bonds. The van der Waals surface area contributed by atoms with E-state index in [1.807, 2.05) is 140 Å². The van der Waals surface area contributed by atoms with Gasteiger partial charge in [-0.15, -0.1) is 0 Å². The molecule has 1 saturated heterocycles. The molecule has 1 unspecified atom stereocenters. The summed E-state index contributed by atoms with van der Waals surface area (Å²) in [4.78, 5) is 0.518. The third-order valence-electron chi connectivity index (χ3n) is 7.96. The van der Waals surface area contributed by atoms with Crippen LogP contribution in [0, 0.1) is 0 Å². The molecule has 1 aliphatic heterocycles. The van der Waals surface area contributed by atoms with Gasteiger partial charge in [0.15, 0.2) is 11.1 Å². The molecule has 0 N–H and O–H groups in total. The maximum absolute atomic E-state index is 13.6. The first-order valence-corrected chi connectivity index (χ1v) is 17.2. The van der Waals surface area contributed by atoms with Crippen LogP contribution in [0.2, 0.25) is 0 Å². The van der Waals surface area contributed by atoms with E-state index in [1.54, 1.807) is 12.1 Å². The predicted molar refractivity (Wildman–Crippen MR) is 184 cm³/mol. The summed E-state index contributed by atoms with van der Waals surface area (Å²) in [5, 5.41) is 0. The Kier molecular flexibility index (Phi) is 12.7. The summed E-state index contributed by atoms with van der Waals surface area (Å²) >= 11 is -1.84. The van der Waals surface area contributed by atoms with Crippen LogP contribution >= 0.6 is 0 Å². The lowest BCUT2D eigenvalue weighted by Gasteiger charge is -2.45. The quantitative estimate of drug-likeness (QED) is 0.109. The standard InChI is InChI=1S/C40H40O7S/c41-48(35-24-14-5-15-25-35)47-40-39(45-29-34-22-12-4-13-23-34)38(44-28-33-20-10-3-11-21-33)37(43-27-32-18-8-2-9-19-32)36(46-40)30-42-26-31-16-6-1-7-17-31/h1-25,36-40H,26-30H2/t36-,37-,38+,39+,40+,48?/m1/s1. The van der Waals surface area contributed by atoms with Crippen LogP contribution in [-0.4, -0.2) is 41.5 Å². The lowest BCUT2D eigenvalue weighted by molar-refractivity contribution is -0.308. The highest BCUT2D eigenvalue weighted by molar-refractivity contribution is 7.80. The monoisotopic (exact) mass is 664 g/mol. The van der Waals surface area contributed by atoms with E-state index < -0.39 is 41.8 Å². The number of benzene rings is 5. The Bertz CT molecular complexity index is 1640. The Balaban J connectivity index is 1.32. The van der Waals surface area contributed by atoms with E-state index in [0.717, 1.165) is 22.3 Å².